The molecule has 2 atom stereocenters. The van der Waals surface area contributed by atoms with E-state index in [0.717, 1.165) is 17.4 Å². The number of pyridine rings is 1. The van der Waals surface area contributed by atoms with Crippen LogP contribution in [0.25, 0.3) is 0 Å². The third kappa shape index (κ3) is 2.71. The molecular weight excluding hydrogens is 316 g/mol. The molecule has 0 aliphatic carbocycles. The molecular formula is C19H26N4S. The maximum absolute atomic E-state index is 5.61. The summed E-state index contributed by atoms with van der Waals surface area (Å²) in [4.78, 5) is 6.86. The lowest BCUT2D eigenvalue weighted by Crippen LogP contribution is -2.29. The van der Waals surface area contributed by atoms with Gasteiger partial charge in [0.25, 0.3) is 0 Å². The van der Waals surface area contributed by atoms with Crippen LogP contribution < -0.4 is 5.32 Å². The maximum atomic E-state index is 5.61. The number of likely N-dealkylation sites (N-methyl/N-ethyl adjacent to an activating group) is 1. The predicted octanol–water partition coefficient (Wildman–Crippen LogP) is 4.07. The van der Waals surface area contributed by atoms with E-state index in [9.17, 15) is 0 Å². The van der Waals surface area contributed by atoms with Crippen molar-refractivity contribution in [3.05, 3.63) is 53.1 Å². The summed E-state index contributed by atoms with van der Waals surface area (Å²) in [6, 6.07) is 9.09. The Kier molecular flexibility index (Phi) is 4.63. The second kappa shape index (κ2) is 6.55. The molecule has 3 rings (SSSR count). The van der Waals surface area contributed by atoms with E-state index >= 15 is 0 Å². The molecule has 0 saturated carbocycles. The van der Waals surface area contributed by atoms with Gasteiger partial charge in [-0.15, -0.1) is 0 Å². The maximum Gasteiger partial charge on any atom is 0.170 e. The predicted molar refractivity (Wildman–Crippen MR) is 102 cm³/mol. The minimum absolute atomic E-state index is 0.0831. The first-order chi connectivity index (χ1) is 11.5. The van der Waals surface area contributed by atoms with Gasteiger partial charge in [-0.2, -0.15) is 0 Å². The molecule has 2 aromatic heterocycles. The van der Waals surface area contributed by atoms with Crippen molar-refractivity contribution in [2.45, 2.75) is 52.7 Å². The van der Waals surface area contributed by atoms with Gasteiger partial charge < -0.3 is 14.8 Å². The number of aryl methyl sites for hydroxylation is 1. The number of rotatable bonds is 4. The minimum atomic E-state index is 0.0831. The van der Waals surface area contributed by atoms with Gasteiger partial charge in [-0.3, -0.25) is 4.98 Å². The summed E-state index contributed by atoms with van der Waals surface area (Å²) in [6.07, 6.45) is 1.85. The summed E-state index contributed by atoms with van der Waals surface area (Å²) in [5, 5.41) is 4.30. The third-order valence-electron chi connectivity index (χ3n) is 4.90. The highest BCUT2D eigenvalue weighted by Gasteiger charge is 2.40. The molecule has 1 N–H and O–H groups in total. The highest BCUT2D eigenvalue weighted by molar-refractivity contribution is 7.80. The summed E-state index contributed by atoms with van der Waals surface area (Å²) in [5.41, 5.74) is 4.99. The molecule has 24 heavy (non-hydrogen) atoms. The molecule has 0 spiro atoms. The van der Waals surface area contributed by atoms with E-state index in [1.807, 2.05) is 18.3 Å². The first-order valence-electron chi connectivity index (χ1n) is 8.62. The summed E-state index contributed by atoms with van der Waals surface area (Å²) in [5.74, 6) is 0. The Morgan fingerprint density at radius 3 is 2.58 bits per heavy atom. The van der Waals surface area contributed by atoms with E-state index in [0.29, 0.717) is 6.04 Å². The lowest BCUT2D eigenvalue weighted by Gasteiger charge is -2.27. The number of thiocarbonyl (C=S) groups is 1. The van der Waals surface area contributed by atoms with Crippen molar-refractivity contribution in [3.8, 4) is 0 Å². The van der Waals surface area contributed by atoms with Crippen LogP contribution in [-0.4, -0.2) is 26.1 Å². The van der Waals surface area contributed by atoms with Crippen molar-refractivity contribution < 1.29 is 0 Å². The molecule has 0 aromatic carbocycles. The number of aromatic nitrogens is 2. The first kappa shape index (κ1) is 17.0. The lowest BCUT2D eigenvalue weighted by atomic mass is 9.97. The van der Waals surface area contributed by atoms with Gasteiger partial charge in [0.15, 0.2) is 5.11 Å². The van der Waals surface area contributed by atoms with Gasteiger partial charge in [0.1, 0.15) is 0 Å². The van der Waals surface area contributed by atoms with E-state index in [1.54, 1.807) is 0 Å². The van der Waals surface area contributed by atoms with Crippen LogP contribution in [0.15, 0.2) is 30.5 Å². The van der Waals surface area contributed by atoms with Crippen molar-refractivity contribution in [1.29, 1.82) is 0 Å². The largest absolute Gasteiger partial charge is 0.352 e. The molecule has 3 heterocycles. The summed E-state index contributed by atoms with van der Waals surface area (Å²) in [6.45, 7) is 11.9. The second-order valence-electron chi connectivity index (χ2n) is 6.70. The number of nitrogens with one attached hydrogen (secondary N) is 1. The fourth-order valence-corrected chi connectivity index (χ4v) is 4.35. The third-order valence-corrected chi connectivity index (χ3v) is 5.25. The van der Waals surface area contributed by atoms with Crippen molar-refractivity contribution in [3.63, 3.8) is 0 Å². The number of nitrogens with zero attached hydrogens (tertiary/aromatic N) is 3. The highest BCUT2D eigenvalue weighted by atomic mass is 32.1. The van der Waals surface area contributed by atoms with Crippen LogP contribution in [0, 0.1) is 13.8 Å². The van der Waals surface area contributed by atoms with Gasteiger partial charge >= 0.3 is 0 Å². The Bertz CT molecular complexity index is 735. The van der Waals surface area contributed by atoms with Crippen LogP contribution in [0.1, 0.15) is 61.5 Å². The van der Waals surface area contributed by atoms with Crippen LogP contribution in [0.3, 0.4) is 0 Å². The lowest BCUT2D eigenvalue weighted by molar-refractivity contribution is 0.329. The Morgan fingerprint density at radius 1 is 1.29 bits per heavy atom. The SMILES string of the molecule is CCN1C(=S)N[C@@H](c2ccccn2)[C@H]1c1cc(C)n(C(C)C)c1C. The minimum Gasteiger partial charge on any atom is -0.352 e. The fourth-order valence-electron chi connectivity index (χ4n) is 3.98. The van der Waals surface area contributed by atoms with E-state index in [-0.39, 0.29) is 12.1 Å². The van der Waals surface area contributed by atoms with E-state index in [2.05, 4.69) is 66.5 Å². The highest BCUT2D eigenvalue weighted by Crippen LogP contribution is 2.41. The number of hydrogen-bond donors (Lipinski definition) is 1. The van der Waals surface area contributed by atoms with Gasteiger partial charge in [0.05, 0.1) is 17.8 Å². The van der Waals surface area contributed by atoms with Crippen LogP contribution in [-0.2, 0) is 0 Å². The molecule has 2 aromatic rings. The van der Waals surface area contributed by atoms with Gasteiger partial charge in [-0.05, 0) is 70.6 Å². The van der Waals surface area contributed by atoms with E-state index in [1.165, 1.54) is 17.0 Å². The van der Waals surface area contributed by atoms with Crippen molar-refractivity contribution in [1.82, 2.24) is 19.8 Å². The molecule has 1 aliphatic rings. The van der Waals surface area contributed by atoms with Crippen LogP contribution in [0.5, 0.6) is 0 Å². The quantitative estimate of drug-likeness (QED) is 0.849. The van der Waals surface area contributed by atoms with Crippen molar-refractivity contribution in [2.75, 3.05) is 6.54 Å². The molecule has 0 unspecified atom stereocenters. The zero-order chi connectivity index (χ0) is 17.4. The topological polar surface area (TPSA) is 33.1 Å². The summed E-state index contributed by atoms with van der Waals surface area (Å²) in [7, 11) is 0. The first-order valence-corrected chi connectivity index (χ1v) is 9.02. The Balaban J connectivity index is 2.11. The zero-order valence-corrected chi connectivity index (χ0v) is 15.9. The molecule has 0 amide bonds. The Morgan fingerprint density at radius 2 is 2.04 bits per heavy atom. The average molecular weight is 343 g/mol. The fraction of sp³-hybridized carbons (Fsp3) is 0.474. The molecule has 5 heteroatoms. The van der Waals surface area contributed by atoms with Crippen LogP contribution in [0.2, 0.25) is 0 Å². The molecule has 0 bridgehead atoms. The molecule has 128 valence electrons. The molecule has 0 radical (unpaired) electrons. The van der Waals surface area contributed by atoms with Crippen LogP contribution in [0.4, 0.5) is 0 Å². The Hall–Kier alpha value is -1.88. The smallest absolute Gasteiger partial charge is 0.170 e. The summed E-state index contributed by atoms with van der Waals surface area (Å²) < 4.78 is 2.40. The monoisotopic (exact) mass is 342 g/mol. The molecule has 1 aliphatic heterocycles. The van der Waals surface area contributed by atoms with E-state index in [4.69, 9.17) is 12.2 Å². The normalized spacial score (nSPS) is 20.8. The van der Waals surface area contributed by atoms with Gasteiger partial charge in [-0.25, -0.2) is 0 Å². The van der Waals surface area contributed by atoms with E-state index < -0.39 is 0 Å². The molecule has 1 fully saturated rings. The van der Waals surface area contributed by atoms with Crippen molar-refractivity contribution >= 4 is 17.3 Å². The zero-order valence-electron chi connectivity index (χ0n) is 15.1. The second-order valence-corrected chi connectivity index (χ2v) is 7.09. The average Bonchev–Trinajstić information content (AvgIpc) is 3.04. The van der Waals surface area contributed by atoms with Gasteiger partial charge in [0, 0.05) is 30.2 Å². The van der Waals surface area contributed by atoms with Gasteiger partial charge in [-0.1, -0.05) is 6.07 Å². The summed E-state index contributed by atoms with van der Waals surface area (Å²) >= 11 is 5.61. The molecule has 4 nitrogen and oxygen atoms in total. The standard InChI is InChI=1S/C19H26N4S/c1-6-22-18(15-11-13(4)23(12(2)3)14(15)5)17(21-19(22)24)16-9-7-8-10-20-16/h7-12,17-18H,6H2,1-5H3,(H,21,24)/t17-,18+/m0/s1. The van der Waals surface area contributed by atoms with Crippen molar-refractivity contribution in [2.24, 2.45) is 0 Å². The van der Waals surface area contributed by atoms with Gasteiger partial charge in [0.2, 0.25) is 0 Å². The number of hydrogen-bond acceptors (Lipinski definition) is 2. The van der Waals surface area contributed by atoms with Crippen LogP contribution >= 0.6 is 12.2 Å². The Labute approximate surface area is 149 Å². The molecule has 1 saturated heterocycles.